The molecule has 1 atom stereocenters. The van der Waals surface area contributed by atoms with Crippen molar-refractivity contribution < 1.29 is 19.4 Å². The Hall–Kier alpha value is -2.58. The Morgan fingerprint density at radius 2 is 2.30 bits per heavy atom. The van der Waals surface area contributed by atoms with Crippen LogP contribution in [0.25, 0.3) is 0 Å². The van der Waals surface area contributed by atoms with Gasteiger partial charge in [0.2, 0.25) is 0 Å². The van der Waals surface area contributed by atoms with Gasteiger partial charge in [-0.2, -0.15) is 5.10 Å². The second kappa shape index (κ2) is 8.41. The van der Waals surface area contributed by atoms with E-state index in [1.165, 1.54) is 15.6 Å². The number of carbonyl (C=O) groups excluding carboxylic acids is 2. The lowest BCUT2D eigenvalue weighted by Gasteiger charge is -2.16. The van der Waals surface area contributed by atoms with Crippen molar-refractivity contribution in [3.8, 4) is 5.75 Å². The van der Waals surface area contributed by atoms with E-state index in [1.807, 2.05) is 12.1 Å². The summed E-state index contributed by atoms with van der Waals surface area (Å²) >= 11 is 5.90. The number of halogens is 1. The van der Waals surface area contributed by atoms with Gasteiger partial charge < -0.3 is 20.1 Å². The van der Waals surface area contributed by atoms with Crippen LogP contribution in [0.1, 0.15) is 27.4 Å². The van der Waals surface area contributed by atoms with Gasteiger partial charge in [-0.1, -0.05) is 17.7 Å². The highest BCUT2D eigenvalue weighted by atomic mass is 35.5. The van der Waals surface area contributed by atoms with Crippen molar-refractivity contribution in [3.05, 3.63) is 46.7 Å². The van der Waals surface area contributed by atoms with E-state index in [0.29, 0.717) is 30.3 Å². The monoisotopic (exact) mass is 392 g/mol. The van der Waals surface area contributed by atoms with Gasteiger partial charge in [-0.3, -0.25) is 14.3 Å². The second-order valence-corrected chi connectivity index (χ2v) is 6.78. The first kappa shape index (κ1) is 19.2. The van der Waals surface area contributed by atoms with Gasteiger partial charge in [0.05, 0.1) is 19.3 Å². The van der Waals surface area contributed by atoms with Crippen LogP contribution in [0.5, 0.6) is 5.75 Å². The Morgan fingerprint density at radius 3 is 3.07 bits per heavy atom. The normalized spacial score (nSPS) is 16.3. The highest BCUT2D eigenvalue weighted by Gasteiger charge is 2.25. The lowest BCUT2D eigenvalue weighted by Crippen LogP contribution is -2.31. The summed E-state index contributed by atoms with van der Waals surface area (Å²) in [6.45, 7) is 1.24. The predicted molar refractivity (Wildman–Crippen MR) is 99.1 cm³/mol. The van der Waals surface area contributed by atoms with Gasteiger partial charge in [-0.25, -0.2) is 0 Å². The molecule has 2 aromatic rings. The third kappa shape index (κ3) is 4.78. The summed E-state index contributed by atoms with van der Waals surface area (Å²) in [5, 5.41) is 17.1. The number of benzene rings is 1. The van der Waals surface area contributed by atoms with E-state index < -0.39 is 6.10 Å². The highest BCUT2D eigenvalue weighted by Crippen LogP contribution is 2.17. The third-order valence-electron chi connectivity index (χ3n) is 4.16. The van der Waals surface area contributed by atoms with E-state index in [2.05, 4.69) is 10.4 Å². The van der Waals surface area contributed by atoms with Crippen LogP contribution >= 0.6 is 11.6 Å². The number of hydrogen-bond acceptors (Lipinski definition) is 5. The minimum absolute atomic E-state index is 0.165. The van der Waals surface area contributed by atoms with Gasteiger partial charge in [0.25, 0.3) is 11.8 Å². The van der Waals surface area contributed by atoms with E-state index >= 15 is 0 Å². The fourth-order valence-electron chi connectivity index (χ4n) is 2.75. The number of fused-ring (bicyclic) bond motifs is 1. The average molecular weight is 393 g/mol. The summed E-state index contributed by atoms with van der Waals surface area (Å²) in [6.07, 6.45) is -0.110. The lowest BCUT2D eigenvalue weighted by molar-refractivity contribution is 0.0779. The van der Waals surface area contributed by atoms with Crippen LogP contribution in [0.2, 0.25) is 5.02 Å². The number of nitrogens with one attached hydrogen (secondary N) is 1. The largest absolute Gasteiger partial charge is 0.493 e. The summed E-state index contributed by atoms with van der Waals surface area (Å²) < 4.78 is 6.98. The zero-order chi connectivity index (χ0) is 19.4. The van der Waals surface area contributed by atoms with Crippen molar-refractivity contribution in [2.45, 2.75) is 19.1 Å². The van der Waals surface area contributed by atoms with E-state index in [1.54, 1.807) is 19.2 Å². The number of aliphatic hydroxyl groups excluding tert-OH is 1. The van der Waals surface area contributed by atoms with Gasteiger partial charge in [-0.15, -0.1) is 0 Å². The molecule has 1 aliphatic heterocycles. The number of amides is 2. The van der Waals surface area contributed by atoms with E-state index in [4.69, 9.17) is 16.3 Å². The number of ether oxygens (including phenoxy) is 1. The number of carbonyl (C=O) groups is 2. The molecule has 2 amide bonds. The molecule has 2 N–H and O–H groups in total. The predicted octanol–water partition coefficient (Wildman–Crippen LogP) is 1.18. The van der Waals surface area contributed by atoms with Crippen molar-refractivity contribution in [2.75, 3.05) is 26.7 Å². The van der Waals surface area contributed by atoms with Crippen molar-refractivity contribution in [2.24, 2.45) is 0 Å². The van der Waals surface area contributed by atoms with Gasteiger partial charge in [0.1, 0.15) is 11.4 Å². The fourth-order valence-corrected chi connectivity index (χ4v) is 2.93. The molecule has 1 aromatic carbocycles. The Kier molecular flexibility index (Phi) is 5.98. The number of rotatable bonds is 6. The minimum atomic E-state index is -0.737. The summed E-state index contributed by atoms with van der Waals surface area (Å²) in [4.78, 5) is 26.1. The van der Waals surface area contributed by atoms with Crippen LogP contribution in [0.4, 0.5) is 0 Å². The molecule has 0 saturated heterocycles. The maximum Gasteiger partial charge on any atom is 0.274 e. The quantitative estimate of drug-likeness (QED) is 0.719. The van der Waals surface area contributed by atoms with Crippen molar-refractivity contribution in [1.29, 1.82) is 0 Å². The SMILES string of the molecule is CN(CCCOc1cccc(Cl)c1)C(=O)c1cc2n(n1)C[C@@H](O)CNC2=O. The first-order valence-electron chi connectivity index (χ1n) is 8.62. The fraction of sp³-hybridized carbons (Fsp3) is 0.389. The molecule has 0 unspecified atom stereocenters. The molecule has 0 spiro atoms. The molecule has 0 bridgehead atoms. The average Bonchev–Trinajstić information content (AvgIpc) is 3.00. The van der Waals surface area contributed by atoms with Crippen LogP contribution in [-0.2, 0) is 6.54 Å². The Balaban J connectivity index is 1.54. The maximum absolute atomic E-state index is 12.5. The second-order valence-electron chi connectivity index (χ2n) is 6.35. The molecule has 0 saturated carbocycles. The number of aliphatic hydroxyl groups is 1. The topological polar surface area (TPSA) is 96.7 Å². The van der Waals surface area contributed by atoms with E-state index in [9.17, 15) is 14.7 Å². The summed E-state index contributed by atoms with van der Waals surface area (Å²) in [6, 6.07) is 8.58. The Labute approximate surface area is 161 Å². The molecule has 0 aliphatic carbocycles. The van der Waals surface area contributed by atoms with Gasteiger partial charge in [-0.05, 0) is 24.6 Å². The van der Waals surface area contributed by atoms with Crippen LogP contribution < -0.4 is 10.1 Å². The molecule has 9 heteroatoms. The van der Waals surface area contributed by atoms with Crippen LogP contribution in [0.15, 0.2) is 30.3 Å². The molecule has 27 heavy (non-hydrogen) atoms. The van der Waals surface area contributed by atoms with Gasteiger partial charge in [0, 0.05) is 31.2 Å². The molecule has 0 fully saturated rings. The Morgan fingerprint density at radius 1 is 1.48 bits per heavy atom. The molecule has 3 rings (SSSR count). The standard InChI is InChI=1S/C18H21ClN4O4/c1-22(6-3-7-27-14-5-2-4-12(19)8-14)18(26)15-9-16-17(25)20-10-13(24)11-23(16)21-15/h2,4-5,8-9,13,24H,3,6-7,10-11H2,1H3,(H,20,25)/t13-/m0/s1. The lowest BCUT2D eigenvalue weighted by atomic mass is 10.3. The zero-order valence-electron chi connectivity index (χ0n) is 14.9. The molecule has 1 aliphatic rings. The molecule has 2 heterocycles. The van der Waals surface area contributed by atoms with Crippen molar-refractivity contribution in [3.63, 3.8) is 0 Å². The minimum Gasteiger partial charge on any atom is -0.493 e. The molecule has 1 aromatic heterocycles. The molecule has 0 radical (unpaired) electrons. The number of aromatic nitrogens is 2. The molecule has 8 nitrogen and oxygen atoms in total. The van der Waals surface area contributed by atoms with Crippen molar-refractivity contribution >= 4 is 23.4 Å². The maximum atomic E-state index is 12.5. The molecular formula is C18H21ClN4O4. The van der Waals surface area contributed by atoms with Crippen molar-refractivity contribution in [1.82, 2.24) is 20.0 Å². The number of β-amino-alcohol motifs (C(OH)–C–C–N with tert-alkyl or cyclic N) is 1. The first-order valence-corrected chi connectivity index (χ1v) is 9.00. The van der Waals surface area contributed by atoms with Crippen LogP contribution in [0, 0.1) is 0 Å². The van der Waals surface area contributed by atoms with E-state index in [-0.39, 0.29) is 36.3 Å². The smallest absolute Gasteiger partial charge is 0.274 e. The Bertz CT molecular complexity index is 839. The summed E-state index contributed by atoms with van der Waals surface area (Å²) in [5.41, 5.74) is 0.445. The van der Waals surface area contributed by atoms with Gasteiger partial charge >= 0.3 is 0 Å². The number of nitrogens with zero attached hydrogens (tertiary/aromatic N) is 3. The van der Waals surface area contributed by atoms with Crippen LogP contribution in [0.3, 0.4) is 0 Å². The molecular weight excluding hydrogens is 372 g/mol. The highest BCUT2D eigenvalue weighted by molar-refractivity contribution is 6.30. The summed E-state index contributed by atoms with van der Waals surface area (Å²) in [7, 11) is 1.67. The zero-order valence-corrected chi connectivity index (χ0v) is 15.6. The summed E-state index contributed by atoms with van der Waals surface area (Å²) in [5.74, 6) is 0.0372. The molecule has 144 valence electrons. The van der Waals surface area contributed by atoms with E-state index in [0.717, 1.165) is 0 Å². The third-order valence-corrected chi connectivity index (χ3v) is 4.40. The number of hydrogen-bond donors (Lipinski definition) is 2. The first-order chi connectivity index (χ1) is 12.9. The van der Waals surface area contributed by atoms with Crippen LogP contribution in [-0.4, -0.2) is 64.4 Å². The van der Waals surface area contributed by atoms with Gasteiger partial charge in [0.15, 0.2) is 5.69 Å².